The smallest absolute Gasteiger partial charge is 0.262 e. The number of hydrogen-bond donors (Lipinski definition) is 3. The molecule has 0 aliphatic rings. The van der Waals surface area contributed by atoms with E-state index < -0.39 is 18.4 Å². The van der Waals surface area contributed by atoms with Gasteiger partial charge in [-0.25, -0.2) is 4.99 Å². The number of alkyl halides is 1. The van der Waals surface area contributed by atoms with Gasteiger partial charge in [-0.2, -0.15) is 0 Å². The summed E-state index contributed by atoms with van der Waals surface area (Å²) < 4.78 is 12.6. The van der Waals surface area contributed by atoms with Crippen molar-refractivity contribution in [3.63, 3.8) is 0 Å². The number of carbonyl (C=O) groups excluding carboxylic acids is 1. The Kier molecular flexibility index (Phi) is 7.59. The monoisotopic (exact) mass is 397 g/mol. The molecule has 1 heterocycles. The third kappa shape index (κ3) is 5.71. The van der Waals surface area contributed by atoms with E-state index in [0.717, 1.165) is 22.4 Å². The van der Waals surface area contributed by atoms with E-state index in [1.54, 1.807) is 30.3 Å². The largest absolute Gasteiger partial charge is 0.515 e. The Balaban J connectivity index is 2.13. The summed E-state index contributed by atoms with van der Waals surface area (Å²) in [6.07, 6.45) is 5.32. The normalized spacial score (nSPS) is 11.5. The van der Waals surface area contributed by atoms with Crippen LogP contribution in [0, 0.1) is 19.3 Å². The molecule has 2 aromatic rings. The first kappa shape index (κ1) is 21.7. The SMILES string of the molecule is Cc1cc(CCF)cc(C)c1N(C)C=NC(=N)/C(=C/O)C(=O)Nc1cccnc1. The van der Waals surface area contributed by atoms with Gasteiger partial charge < -0.3 is 15.3 Å². The number of rotatable bonds is 7. The van der Waals surface area contributed by atoms with Crippen molar-refractivity contribution in [2.75, 3.05) is 23.9 Å². The number of pyridine rings is 1. The van der Waals surface area contributed by atoms with E-state index in [9.17, 15) is 14.3 Å². The Morgan fingerprint density at radius 2 is 2.07 bits per heavy atom. The van der Waals surface area contributed by atoms with Crippen LogP contribution >= 0.6 is 0 Å². The zero-order valence-electron chi connectivity index (χ0n) is 16.6. The van der Waals surface area contributed by atoms with Crippen LogP contribution in [0.3, 0.4) is 0 Å². The van der Waals surface area contributed by atoms with E-state index in [0.29, 0.717) is 18.4 Å². The van der Waals surface area contributed by atoms with Gasteiger partial charge in [0.1, 0.15) is 5.57 Å². The molecule has 0 fully saturated rings. The summed E-state index contributed by atoms with van der Waals surface area (Å²) in [5.41, 5.74) is 3.83. The molecule has 1 aromatic carbocycles. The number of benzene rings is 1. The molecule has 8 heteroatoms. The van der Waals surface area contributed by atoms with Crippen LogP contribution in [0.15, 0.2) is 53.5 Å². The molecule has 0 aliphatic heterocycles. The van der Waals surface area contributed by atoms with E-state index in [2.05, 4.69) is 15.3 Å². The Labute approximate surface area is 169 Å². The third-order valence-corrected chi connectivity index (χ3v) is 4.20. The standard InChI is InChI=1S/C21H24FN5O2/c1-14-9-16(6-7-22)10-15(2)19(14)27(3)13-25-20(23)18(12-28)21(29)26-17-5-4-8-24-11-17/h4-5,8-13,23,28H,6-7H2,1-3H3,(H,26,29)/b18-12-,23-20?,25-13?. The number of amidine groups is 1. The van der Waals surface area contributed by atoms with Crippen LogP contribution in [-0.2, 0) is 11.2 Å². The number of aliphatic hydroxyl groups excluding tert-OH is 1. The van der Waals surface area contributed by atoms with Crippen molar-refractivity contribution >= 4 is 29.5 Å². The van der Waals surface area contributed by atoms with Crippen molar-refractivity contribution in [3.8, 4) is 0 Å². The zero-order chi connectivity index (χ0) is 21.4. The highest BCUT2D eigenvalue weighted by Crippen LogP contribution is 2.25. The molecular formula is C21H24FN5O2. The summed E-state index contributed by atoms with van der Waals surface area (Å²) in [6.45, 7) is 3.42. The first-order chi connectivity index (χ1) is 13.9. The number of aliphatic hydroxyl groups is 1. The van der Waals surface area contributed by atoms with Gasteiger partial charge in [-0.3, -0.25) is 19.6 Å². The molecule has 0 saturated carbocycles. The second-order valence-corrected chi connectivity index (χ2v) is 6.46. The molecular weight excluding hydrogens is 373 g/mol. The van der Waals surface area contributed by atoms with Gasteiger partial charge in [0, 0.05) is 25.4 Å². The maximum absolute atomic E-state index is 12.6. The quantitative estimate of drug-likeness (QED) is 0.287. The second-order valence-electron chi connectivity index (χ2n) is 6.46. The first-order valence-corrected chi connectivity index (χ1v) is 8.95. The summed E-state index contributed by atoms with van der Waals surface area (Å²) >= 11 is 0. The molecule has 0 radical (unpaired) electrons. The predicted molar refractivity (Wildman–Crippen MR) is 114 cm³/mol. The fraction of sp³-hybridized carbons (Fsp3) is 0.238. The van der Waals surface area contributed by atoms with E-state index in [4.69, 9.17) is 5.41 Å². The molecule has 0 aliphatic carbocycles. The van der Waals surface area contributed by atoms with Crippen molar-refractivity contribution < 1.29 is 14.3 Å². The summed E-state index contributed by atoms with van der Waals surface area (Å²) in [4.78, 5) is 21.9. The van der Waals surface area contributed by atoms with Crippen LogP contribution in [-0.4, -0.2) is 41.9 Å². The number of anilines is 2. The van der Waals surface area contributed by atoms with Gasteiger partial charge in [-0.15, -0.1) is 0 Å². The van der Waals surface area contributed by atoms with Crippen LogP contribution in [0.25, 0.3) is 0 Å². The fourth-order valence-corrected chi connectivity index (χ4v) is 2.99. The van der Waals surface area contributed by atoms with Crippen LogP contribution in [0.2, 0.25) is 0 Å². The summed E-state index contributed by atoms with van der Waals surface area (Å²) in [5, 5.41) is 20.0. The highest BCUT2D eigenvalue weighted by Gasteiger charge is 2.16. The molecule has 1 amide bonds. The zero-order valence-corrected chi connectivity index (χ0v) is 16.6. The van der Waals surface area contributed by atoms with Crippen molar-refractivity contribution in [1.82, 2.24) is 4.98 Å². The topological polar surface area (TPSA) is 102 Å². The van der Waals surface area contributed by atoms with Gasteiger partial charge in [-0.1, -0.05) is 12.1 Å². The molecule has 29 heavy (non-hydrogen) atoms. The van der Waals surface area contributed by atoms with E-state index in [1.165, 1.54) is 12.5 Å². The maximum atomic E-state index is 12.6. The van der Waals surface area contributed by atoms with Gasteiger partial charge in [-0.05, 0) is 42.7 Å². The Bertz CT molecular complexity index is 918. The Morgan fingerprint density at radius 3 is 2.62 bits per heavy atom. The number of nitrogens with zero attached hydrogens (tertiary/aromatic N) is 3. The van der Waals surface area contributed by atoms with Gasteiger partial charge in [0.05, 0.1) is 31.2 Å². The van der Waals surface area contributed by atoms with Crippen molar-refractivity contribution in [3.05, 3.63) is 65.2 Å². The van der Waals surface area contributed by atoms with E-state index in [-0.39, 0.29) is 5.57 Å². The Hall–Kier alpha value is -3.55. The molecule has 0 unspecified atom stereocenters. The number of nitrogens with one attached hydrogen (secondary N) is 2. The average molecular weight is 397 g/mol. The number of aryl methyl sites for hydroxylation is 3. The third-order valence-electron chi connectivity index (χ3n) is 4.20. The molecule has 0 bridgehead atoms. The minimum atomic E-state index is -0.673. The van der Waals surface area contributed by atoms with Gasteiger partial charge in [0.15, 0.2) is 5.84 Å². The molecule has 0 spiro atoms. The molecule has 152 valence electrons. The average Bonchev–Trinajstić information content (AvgIpc) is 2.67. The number of carbonyl (C=O) groups is 1. The van der Waals surface area contributed by atoms with Crippen LogP contribution in [0.5, 0.6) is 0 Å². The van der Waals surface area contributed by atoms with Gasteiger partial charge >= 0.3 is 0 Å². The van der Waals surface area contributed by atoms with Crippen molar-refractivity contribution in [1.29, 1.82) is 5.41 Å². The molecule has 2 rings (SSSR count). The molecule has 0 saturated heterocycles. The predicted octanol–water partition coefficient (Wildman–Crippen LogP) is 3.73. The van der Waals surface area contributed by atoms with Crippen LogP contribution in [0.1, 0.15) is 16.7 Å². The fourth-order valence-electron chi connectivity index (χ4n) is 2.99. The second kappa shape index (κ2) is 10.1. The molecule has 0 atom stereocenters. The van der Waals surface area contributed by atoms with Crippen molar-refractivity contribution in [2.24, 2.45) is 4.99 Å². The molecule has 3 N–H and O–H groups in total. The number of halogens is 1. The number of amides is 1. The summed E-state index contributed by atoms with van der Waals surface area (Å²) in [7, 11) is 1.76. The summed E-state index contributed by atoms with van der Waals surface area (Å²) in [6, 6.07) is 7.12. The van der Waals surface area contributed by atoms with E-state index >= 15 is 0 Å². The molecule has 7 nitrogen and oxygen atoms in total. The Morgan fingerprint density at radius 1 is 1.38 bits per heavy atom. The lowest BCUT2D eigenvalue weighted by atomic mass is 10.0. The number of aliphatic imine (C=N–C) groups is 1. The highest BCUT2D eigenvalue weighted by atomic mass is 19.1. The number of hydrogen-bond acceptors (Lipinski definition) is 4. The first-order valence-electron chi connectivity index (χ1n) is 8.95. The minimum absolute atomic E-state index is 0.287. The van der Waals surface area contributed by atoms with Gasteiger partial charge in [0.2, 0.25) is 0 Å². The maximum Gasteiger partial charge on any atom is 0.262 e. The van der Waals surface area contributed by atoms with E-state index in [1.807, 2.05) is 26.0 Å². The lowest BCUT2D eigenvalue weighted by Gasteiger charge is -2.20. The summed E-state index contributed by atoms with van der Waals surface area (Å²) in [5.74, 6) is -1.07. The highest BCUT2D eigenvalue weighted by molar-refractivity contribution is 6.24. The number of aromatic nitrogens is 1. The van der Waals surface area contributed by atoms with Crippen LogP contribution in [0.4, 0.5) is 15.8 Å². The van der Waals surface area contributed by atoms with Gasteiger partial charge in [0.25, 0.3) is 5.91 Å². The lowest BCUT2D eigenvalue weighted by molar-refractivity contribution is -0.112. The van der Waals surface area contributed by atoms with Crippen LogP contribution < -0.4 is 10.2 Å². The lowest BCUT2D eigenvalue weighted by Crippen LogP contribution is -2.22. The van der Waals surface area contributed by atoms with Crippen molar-refractivity contribution in [2.45, 2.75) is 20.3 Å². The minimum Gasteiger partial charge on any atom is -0.515 e. The molecule has 1 aromatic heterocycles.